The second-order valence-corrected chi connectivity index (χ2v) is 2.31. The van der Waals surface area contributed by atoms with E-state index in [-0.39, 0.29) is 5.97 Å². The zero-order valence-corrected chi connectivity index (χ0v) is 7.02. The number of rotatable bonds is 3. The monoisotopic (exact) mass is 170 g/mol. The lowest BCUT2D eigenvalue weighted by Crippen LogP contribution is -2.07. The maximum atomic E-state index is 10.4. The molecule has 66 valence electrons. The van der Waals surface area contributed by atoms with Gasteiger partial charge in [-0.25, -0.2) is 4.68 Å². The lowest BCUT2D eigenvalue weighted by Gasteiger charge is -1.99. The van der Waals surface area contributed by atoms with Gasteiger partial charge >= 0.3 is 5.97 Å². The maximum Gasteiger partial charge on any atom is 0.302 e. The molecule has 0 unspecified atom stereocenters. The van der Waals surface area contributed by atoms with Crippen molar-refractivity contribution in [2.45, 2.75) is 13.3 Å². The van der Waals surface area contributed by atoms with Crippen LogP contribution in [0, 0.1) is 0 Å². The molecule has 0 saturated carbocycles. The molecule has 0 atom stereocenters. The first-order valence-corrected chi connectivity index (χ1v) is 3.54. The van der Waals surface area contributed by atoms with Gasteiger partial charge in [0.25, 0.3) is 0 Å². The molecule has 1 aromatic heterocycles. The van der Waals surface area contributed by atoms with E-state index in [1.165, 1.54) is 6.92 Å². The molecule has 0 aliphatic heterocycles. The molecular formula is C6H10N4O2. The lowest BCUT2D eigenvalue weighted by molar-refractivity contribution is -0.140. The van der Waals surface area contributed by atoms with Crippen molar-refractivity contribution in [3.63, 3.8) is 0 Å². The highest BCUT2D eigenvalue weighted by atomic mass is 16.5. The third-order valence-corrected chi connectivity index (χ3v) is 1.34. The van der Waals surface area contributed by atoms with Gasteiger partial charge in [-0.3, -0.25) is 4.79 Å². The van der Waals surface area contributed by atoms with E-state index in [0.29, 0.717) is 18.9 Å². The fourth-order valence-electron chi connectivity index (χ4n) is 0.746. The van der Waals surface area contributed by atoms with Gasteiger partial charge in [-0.05, 0) is 10.4 Å². The Morgan fingerprint density at radius 1 is 1.67 bits per heavy atom. The van der Waals surface area contributed by atoms with E-state index in [0.717, 1.165) is 0 Å². The van der Waals surface area contributed by atoms with Gasteiger partial charge in [0, 0.05) is 20.4 Å². The second kappa shape index (κ2) is 3.80. The van der Waals surface area contributed by atoms with E-state index in [4.69, 9.17) is 4.74 Å². The molecule has 1 rings (SSSR count). The maximum absolute atomic E-state index is 10.4. The summed E-state index contributed by atoms with van der Waals surface area (Å²) in [5.74, 6) is 0.418. The van der Waals surface area contributed by atoms with Gasteiger partial charge in [0.1, 0.15) is 0 Å². The number of hydrogen-bond donors (Lipinski definition) is 0. The van der Waals surface area contributed by atoms with Crippen LogP contribution in [0.25, 0.3) is 0 Å². The smallest absolute Gasteiger partial charge is 0.302 e. The fourth-order valence-corrected chi connectivity index (χ4v) is 0.746. The number of hydrogen-bond acceptors (Lipinski definition) is 5. The summed E-state index contributed by atoms with van der Waals surface area (Å²) in [7, 11) is 1.74. The van der Waals surface area contributed by atoms with Gasteiger partial charge in [0.2, 0.25) is 0 Å². The van der Waals surface area contributed by atoms with Crippen molar-refractivity contribution in [3.05, 3.63) is 5.82 Å². The third-order valence-electron chi connectivity index (χ3n) is 1.34. The molecule has 0 aromatic carbocycles. The van der Waals surface area contributed by atoms with Crippen LogP contribution in [0.5, 0.6) is 0 Å². The normalized spacial score (nSPS) is 9.83. The number of carbonyl (C=O) groups is 1. The van der Waals surface area contributed by atoms with Crippen molar-refractivity contribution >= 4 is 5.97 Å². The van der Waals surface area contributed by atoms with Crippen molar-refractivity contribution in [2.75, 3.05) is 6.61 Å². The molecule has 0 N–H and O–H groups in total. The minimum absolute atomic E-state index is 0.287. The minimum Gasteiger partial charge on any atom is -0.465 e. The molecule has 0 spiro atoms. The summed E-state index contributed by atoms with van der Waals surface area (Å²) in [5.41, 5.74) is 0. The first kappa shape index (κ1) is 8.63. The van der Waals surface area contributed by atoms with Crippen LogP contribution < -0.4 is 0 Å². The predicted molar refractivity (Wildman–Crippen MR) is 39.1 cm³/mol. The van der Waals surface area contributed by atoms with Gasteiger partial charge in [0.05, 0.1) is 6.61 Å². The SMILES string of the molecule is CC(=O)OCCc1nnnn1C. The van der Waals surface area contributed by atoms with Gasteiger partial charge in [0.15, 0.2) is 5.82 Å². The van der Waals surface area contributed by atoms with Crippen LogP contribution in [0.3, 0.4) is 0 Å². The lowest BCUT2D eigenvalue weighted by atomic mass is 10.4. The van der Waals surface area contributed by atoms with Gasteiger partial charge < -0.3 is 4.74 Å². The predicted octanol–water partition coefficient (Wildman–Crippen LogP) is -0.684. The highest BCUT2D eigenvalue weighted by molar-refractivity contribution is 5.65. The average molecular weight is 170 g/mol. The van der Waals surface area contributed by atoms with E-state index in [2.05, 4.69) is 15.5 Å². The van der Waals surface area contributed by atoms with Crippen molar-refractivity contribution in [3.8, 4) is 0 Å². The average Bonchev–Trinajstić information content (AvgIpc) is 2.36. The van der Waals surface area contributed by atoms with E-state index in [1.807, 2.05) is 0 Å². The van der Waals surface area contributed by atoms with Gasteiger partial charge in [-0.2, -0.15) is 0 Å². The van der Waals surface area contributed by atoms with E-state index >= 15 is 0 Å². The second-order valence-electron chi connectivity index (χ2n) is 2.31. The molecule has 0 saturated heterocycles. The van der Waals surface area contributed by atoms with Crippen LogP contribution in [-0.2, 0) is 23.0 Å². The quantitative estimate of drug-likeness (QED) is 0.562. The Morgan fingerprint density at radius 2 is 2.42 bits per heavy atom. The van der Waals surface area contributed by atoms with Crippen molar-refractivity contribution in [2.24, 2.45) is 7.05 Å². The summed E-state index contributed by atoms with van der Waals surface area (Å²) in [6, 6.07) is 0. The molecule has 0 bridgehead atoms. The highest BCUT2D eigenvalue weighted by Crippen LogP contribution is 1.90. The molecule has 0 fully saturated rings. The number of ether oxygens (including phenoxy) is 1. The van der Waals surface area contributed by atoms with Crippen LogP contribution in [0.1, 0.15) is 12.7 Å². The standard InChI is InChI=1S/C6H10N4O2/c1-5(11)12-4-3-6-7-8-9-10(6)2/h3-4H2,1-2H3. The molecular weight excluding hydrogens is 160 g/mol. The summed E-state index contributed by atoms with van der Waals surface area (Å²) in [6.07, 6.45) is 0.545. The third kappa shape index (κ3) is 2.30. The van der Waals surface area contributed by atoms with Crippen LogP contribution in [0.15, 0.2) is 0 Å². The molecule has 6 nitrogen and oxygen atoms in total. The van der Waals surface area contributed by atoms with E-state index in [1.54, 1.807) is 11.7 Å². The van der Waals surface area contributed by atoms with Gasteiger partial charge in [-0.15, -0.1) is 5.10 Å². The van der Waals surface area contributed by atoms with Gasteiger partial charge in [-0.1, -0.05) is 0 Å². The van der Waals surface area contributed by atoms with Crippen LogP contribution in [-0.4, -0.2) is 32.8 Å². The van der Waals surface area contributed by atoms with Crippen LogP contribution in [0.2, 0.25) is 0 Å². The number of carbonyl (C=O) groups excluding carboxylic acids is 1. The molecule has 0 amide bonds. The number of tetrazole rings is 1. The molecule has 1 heterocycles. The summed E-state index contributed by atoms with van der Waals surface area (Å²) in [4.78, 5) is 10.4. The molecule has 12 heavy (non-hydrogen) atoms. The Balaban J connectivity index is 2.33. The molecule has 1 aromatic rings. The first-order chi connectivity index (χ1) is 5.70. The van der Waals surface area contributed by atoms with E-state index < -0.39 is 0 Å². The largest absolute Gasteiger partial charge is 0.465 e. The molecule has 0 aliphatic rings. The van der Waals surface area contributed by atoms with E-state index in [9.17, 15) is 4.79 Å². The van der Waals surface area contributed by atoms with Crippen molar-refractivity contribution < 1.29 is 9.53 Å². The molecule has 0 radical (unpaired) electrons. The Hall–Kier alpha value is -1.46. The fraction of sp³-hybridized carbons (Fsp3) is 0.667. The number of esters is 1. The Bertz CT molecular complexity index is 270. The minimum atomic E-state index is -0.287. The zero-order valence-electron chi connectivity index (χ0n) is 7.02. The van der Waals surface area contributed by atoms with Crippen molar-refractivity contribution in [1.29, 1.82) is 0 Å². The molecule has 6 heteroatoms. The summed E-state index contributed by atoms with van der Waals surface area (Å²) < 4.78 is 6.27. The van der Waals surface area contributed by atoms with Crippen LogP contribution in [0.4, 0.5) is 0 Å². The number of aromatic nitrogens is 4. The Kier molecular flexibility index (Phi) is 2.73. The summed E-state index contributed by atoms with van der Waals surface area (Å²) in [6.45, 7) is 1.69. The summed E-state index contributed by atoms with van der Waals surface area (Å²) >= 11 is 0. The Morgan fingerprint density at radius 3 is 2.92 bits per heavy atom. The Labute approximate surface area is 69.5 Å². The highest BCUT2D eigenvalue weighted by Gasteiger charge is 2.01. The zero-order chi connectivity index (χ0) is 8.97. The number of nitrogens with zero attached hydrogens (tertiary/aromatic N) is 4. The van der Waals surface area contributed by atoms with Crippen molar-refractivity contribution in [1.82, 2.24) is 20.2 Å². The molecule has 0 aliphatic carbocycles. The van der Waals surface area contributed by atoms with Crippen LogP contribution >= 0.6 is 0 Å². The topological polar surface area (TPSA) is 69.9 Å². The first-order valence-electron chi connectivity index (χ1n) is 3.54. The number of aryl methyl sites for hydroxylation is 1. The summed E-state index contributed by atoms with van der Waals surface area (Å²) in [5, 5.41) is 10.8.